The summed E-state index contributed by atoms with van der Waals surface area (Å²) in [5.41, 5.74) is 2.78. The number of nitrogens with one attached hydrogen (secondary N) is 2. The highest BCUT2D eigenvalue weighted by molar-refractivity contribution is 9.10. The molecule has 2 aromatic carbocycles. The predicted molar refractivity (Wildman–Crippen MR) is 85.1 cm³/mol. The number of rotatable bonds is 2. The number of thiocarbonyl (C=S) groups is 1. The fraction of sp³-hybridized carbons (Fsp3) is 0.0714. The molecule has 0 radical (unpaired) electrons. The van der Waals surface area contributed by atoms with Gasteiger partial charge in [0.15, 0.2) is 5.11 Å². The van der Waals surface area contributed by atoms with Crippen LogP contribution in [0.4, 0.5) is 15.8 Å². The monoisotopic (exact) mass is 338 g/mol. The fourth-order valence-corrected chi connectivity index (χ4v) is 2.36. The smallest absolute Gasteiger partial charge is 0.175 e. The van der Waals surface area contributed by atoms with E-state index in [-0.39, 0.29) is 5.82 Å². The lowest BCUT2D eigenvalue weighted by Gasteiger charge is -2.12. The van der Waals surface area contributed by atoms with Gasteiger partial charge in [-0.25, -0.2) is 4.39 Å². The van der Waals surface area contributed by atoms with E-state index in [1.54, 1.807) is 12.1 Å². The summed E-state index contributed by atoms with van der Waals surface area (Å²) in [6.45, 7) is 2.02. The van der Waals surface area contributed by atoms with Gasteiger partial charge in [0.25, 0.3) is 0 Å². The summed E-state index contributed by atoms with van der Waals surface area (Å²) in [5.74, 6) is -0.272. The quantitative estimate of drug-likeness (QED) is 0.775. The molecule has 0 aliphatic carbocycles. The summed E-state index contributed by atoms with van der Waals surface area (Å²) < 4.78 is 13.7. The van der Waals surface area contributed by atoms with Crippen molar-refractivity contribution < 1.29 is 4.39 Å². The Kier molecular flexibility index (Phi) is 4.50. The van der Waals surface area contributed by atoms with Crippen molar-refractivity contribution in [2.45, 2.75) is 6.92 Å². The van der Waals surface area contributed by atoms with E-state index in [9.17, 15) is 4.39 Å². The Balaban J connectivity index is 2.03. The molecule has 0 saturated heterocycles. The first-order chi connectivity index (χ1) is 9.04. The Bertz CT molecular complexity index is 599. The van der Waals surface area contributed by atoms with Crippen LogP contribution in [0.25, 0.3) is 0 Å². The molecule has 0 aliphatic heterocycles. The topological polar surface area (TPSA) is 24.1 Å². The van der Waals surface area contributed by atoms with E-state index in [2.05, 4.69) is 26.6 Å². The van der Waals surface area contributed by atoms with Crippen molar-refractivity contribution >= 4 is 44.6 Å². The van der Waals surface area contributed by atoms with E-state index in [4.69, 9.17) is 12.2 Å². The van der Waals surface area contributed by atoms with Crippen LogP contribution in [0.1, 0.15) is 5.56 Å². The van der Waals surface area contributed by atoms with Gasteiger partial charge in [-0.3, -0.25) is 0 Å². The predicted octanol–water partition coefficient (Wildman–Crippen LogP) is 4.71. The average Bonchev–Trinajstić information content (AvgIpc) is 2.36. The lowest BCUT2D eigenvalue weighted by molar-refractivity contribution is 0.628. The van der Waals surface area contributed by atoms with Crippen LogP contribution in [0.15, 0.2) is 46.9 Å². The summed E-state index contributed by atoms with van der Waals surface area (Å²) in [4.78, 5) is 0. The van der Waals surface area contributed by atoms with Gasteiger partial charge in [-0.15, -0.1) is 0 Å². The lowest BCUT2D eigenvalue weighted by Crippen LogP contribution is -2.19. The van der Waals surface area contributed by atoms with Crippen LogP contribution in [-0.2, 0) is 0 Å². The third kappa shape index (κ3) is 4.01. The van der Waals surface area contributed by atoms with Gasteiger partial charge >= 0.3 is 0 Å². The van der Waals surface area contributed by atoms with E-state index < -0.39 is 0 Å². The lowest BCUT2D eigenvalue weighted by atomic mass is 10.2. The third-order valence-electron chi connectivity index (χ3n) is 2.47. The van der Waals surface area contributed by atoms with Crippen molar-refractivity contribution in [2.24, 2.45) is 0 Å². The van der Waals surface area contributed by atoms with Crippen LogP contribution in [0.3, 0.4) is 0 Å². The Labute approximate surface area is 125 Å². The van der Waals surface area contributed by atoms with E-state index in [1.807, 2.05) is 25.1 Å². The number of halogens is 2. The molecule has 0 heterocycles. The number of hydrogen-bond donors (Lipinski definition) is 2. The van der Waals surface area contributed by atoms with Crippen LogP contribution in [0, 0.1) is 12.7 Å². The van der Waals surface area contributed by atoms with Gasteiger partial charge in [0, 0.05) is 10.2 Å². The van der Waals surface area contributed by atoms with E-state index in [0.717, 1.165) is 21.4 Å². The molecule has 0 spiro atoms. The van der Waals surface area contributed by atoms with E-state index >= 15 is 0 Å². The number of hydrogen-bond acceptors (Lipinski definition) is 1. The van der Waals surface area contributed by atoms with Crippen LogP contribution in [0.5, 0.6) is 0 Å². The maximum Gasteiger partial charge on any atom is 0.175 e. The molecule has 0 aliphatic rings. The molecule has 0 saturated carbocycles. The van der Waals surface area contributed by atoms with Crippen molar-refractivity contribution in [2.75, 3.05) is 10.6 Å². The molecule has 0 aromatic heterocycles. The minimum Gasteiger partial charge on any atom is -0.332 e. The van der Waals surface area contributed by atoms with Gasteiger partial charge in [-0.05, 0) is 77.0 Å². The molecule has 2 N–H and O–H groups in total. The zero-order chi connectivity index (χ0) is 13.8. The second-order valence-corrected chi connectivity index (χ2v) is 5.33. The number of aryl methyl sites for hydroxylation is 1. The molecule has 5 heteroatoms. The Hall–Kier alpha value is -1.46. The van der Waals surface area contributed by atoms with Crippen LogP contribution >= 0.6 is 28.1 Å². The maximum atomic E-state index is 12.8. The molecule has 2 rings (SSSR count). The van der Waals surface area contributed by atoms with Gasteiger partial charge in [-0.1, -0.05) is 6.07 Å². The first-order valence-electron chi connectivity index (χ1n) is 5.64. The normalized spacial score (nSPS) is 10.1. The second kappa shape index (κ2) is 6.12. The highest BCUT2D eigenvalue weighted by Gasteiger charge is 2.03. The van der Waals surface area contributed by atoms with Crippen molar-refractivity contribution in [3.63, 3.8) is 0 Å². The summed E-state index contributed by atoms with van der Waals surface area (Å²) >= 11 is 8.68. The molecule has 2 aromatic rings. The molecule has 0 amide bonds. The molecule has 0 fully saturated rings. The average molecular weight is 339 g/mol. The Morgan fingerprint density at radius 2 is 1.79 bits per heavy atom. The van der Waals surface area contributed by atoms with Gasteiger partial charge < -0.3 is 10.6 Å². The van der Waals surface area contributed by atoms with E-state index in [0.29, 0.717) is 5.11 Å². The minimum atomic E-state index is -0.272. The van der Waals surface area contributed by atoms with Gasteiger partial charge in [0.1, 0.15) is 5.82 Å². The highest BCUT2D eigenvalue weighted by Crippen LogP contribution is 2.23. The maximum absolute atomic E-state index is 12.8. The van der Waals surface area contributed by atoms with Crippen molar-refractivity contribution in [1.82, 2.24) is 0 Å². The highest BCUT2D eigenvalue weighted by atomic mass is 79.9. The van der Waals surface area contributed by atoms with Gasteiger partial charge in [0.2, 0.25) is 0 Å². The molecule has 0 atom stereocenters. The molecule has 19 heavy (non-hydrogen) atoms. The number of anilines is 2. The van der Waals surface area contributed by atoms with E-state index in [1.165, 1.54) is 12.1 Å². The summed E-state index contributed by atoms with van der Waals surface area (Å²) in [7, 11) is 0. The standard InChI is InChI=1S/C14H12BrFN2S/c1-9-2-7-13(12(15)8-9)18-14(19)17-11-5-3-10(16)4-6-11/h2-8H,1H3,(H2,17,18,19). The van der Waals surface area contributed by atoms with Crippen molar-refractivity contribution in [1.29, 1.82) is 0 Å². The summed E-state index contributed by atoms with van der Waals surface area (Å²) in [6, 6.07) is 12.0. The second-order valence-electron chi connectivity index (χ2n) is 4.07. The minimum absolute atomic E-state index is 0.272. The molecule has 0 unspecified atom stereocenters. The molecule has 2 nitrogen and oxygen atoms in total. The number of benzene rings is 2. The van der Waals surface area contributed by atoms with Gasteiger partial charge in [0.05, 0.1) is 5.69 Å². The van der Waals surface area contributed by atoms with Gasteiger partial charge in [-0.2, -0.15) is 0 Å². The summed E-state index contributed by atoms with van der Waals surface area (Å²) in [5, 5.41) is 6.53. The molecular weight excluding hydrogens is 327 g/mol. The molecule has 0 bridgehead atoms. The zero-order valence-electron chi connectivity index (χ0n) is 10.2. The van der Waals surface area contributed by atoms with Crippen LogP contribution in [-0.4, -0.2) is 5.11 Å². The Morgan fingerprint density at radius 1 is 1.11 bits per heavy atom. The largest absolute Gasteiger partial charge is 0.332 e. The first-order valence-corrected chi connectivity index (χ1v) is 6.84. The van der Waals surface area contributed by atoms with Crippen molar-refractivity contribution in [3.05, 3.63) is 58.3 Å². The SMILES string of the molecule is Cc1ccc(NC(=S)Nc2ccc(F)cc2)c(Br)c1. The molecular formula is C14H12BrFN2S. The van der Waals surface area contributed by atoms with Crippen molar-refractivity contribution in [3.8, 4) is 0 Å². The van der Waals surface area contributed by atoms with Crippen LogP contribution < -0.4 is 10.6 Å². The molecule has 98 valence electrons. The first kappa shape index (κ1) is 14.0. The Morgan fingerprint density at radius 3 is 2.42 bits per heavy atom. The van der Waals surface area contributed by atoms with Crippen LogP contribution in [0.2, 0.25) is 0 Å². The third-order valence-corrected chi connectivity index (χ3v) is 3.34. The summed E-state index contributed by atoms with van der Waals surface area (Å²) in [6.07, 6.45) is 0. The zero-order valence-corrected chi connectivity index (χ0v) is 12.6. The fourth-order valence-electron chi connectivity index (χ4n) is 1.54.